The van der Waals surface area contributed by atoms with E-state index in [9.17, 15) is 9.59 Å². The first-order valence-corrected chi connectivity index (χ1v) is 11.2. The van der Waals surface area contributed by atoms with E-state index in [0.717, 1.165) is 19.4 Å². The summed E-state index contributed by atoms with van der Waals surface area (Å²) in [5, 5.41) is 5.70. The van der Waals surface area contributed by atoms with E-state index < -0.39 is 0 Å². The molecule has 1 heterocycles. The highest BCUT2D eigenvalue weighted by Crippen LogP contribution is 2.27. The average Bonchev–Trinajstić information content (AvgIpc) is 3.34. The highest BCUT2D eigenvalue weighted by molar-refractivity contribution is 9.10. The second kappa shape index (κ2) is 10.4. The predicted octanol–water partition coefficient (Wildman–Crippen LogP) is 5.51. The third-order valence-corrected chi connectivity index (χ3v) is 5.70. The quantitative estimate of drug-likeness (QED) is 0.453. The molecule has 0 aromatic heterocycles. The summed E-state index contributed by atoms with van der Waals surface area (Å²) in [6.07, 6.45) is 2.20. The van der Waals surface area contributed by atoms with E-state index in [2.05, 4.69) is 26.6 Å². The van der Waals surface area contributed by atoms with E-state index in [1.54, 1.807) is 54.6 Å². The molecule has 0 spiro atoms. The predicted molar refractivity (Wildman–Crippen MR) is 127 cm³/mol. The number of carbonyl (C=O) groups is 2. The zero-order valence-electron chi connectivity index (χ0n) is 17.3. The molecular formula is C25H23BrN2O4. The third kappa shape index (κ3) is 5.75. The monoisotopic (exact) mass is 494 g/mol. The molecule has 6 nitrogen and oxygen atoms in total. The van der Waals surface area contributed by atoms with Crippen LogP contribution in [0, 0.1) is 0 Å². The van der Waals surface area contributed by atoms with Gasteiger partial charge in [-0.2, -0.15) is 0 Å². The lowest BCUT2D eigenvalue weighted by Gasteiger charge is -2.13. The van der Waals surface area contributed by atoms with Gasteiger partial charge >= 0.3 is 0 Å². The molecule has 0 radical (unpaired) electrons. The largest absolute Gasteiger partial charge is 0.490 e. The molecular weight excluding hydrogens is 472 g/mol. The number of amides is 2. The summed E-state index contributed by atoms with van der Waals surface area (Å²) in [5.74, 6) is 0.252. The molecule has 32 heavy (non-hydrogen) atoms. The zero-order valence-corrected chi connectivity index (χ0v) is 18.9. The second-order valence-corrected chi connectivity index (χ2v) is 8.30. The summed E-state index contributed by atoms with van der Waals surface area (Å²) >= 11 is 3.48. The van der Waals surface area contributed by atoms with Gasteiger partial charge in [0, 0.05) is 29.1 Å². The van der Waals surface area contributed by atoms with Gasteiger partial charge in [0.2, 0.25) is 0 Å². The molecule has 1 aliphatic rings. The van der Waals surface area contributed by atoms with Crippen molar-refractivity contribution in [3.63, 3.8) is 0 Å². The highest BCUT2D eigenvalue weighted by Gasteiger charge is 2.17. The summed E-state index contributed by atoms with van der Waals surface area (Å²) in [4.78, 5) is 24.9. The molecule has 0 saturated carbocycles. The zero-order chi connectivity index (χ0) is 22.3. The maximum absolute atomic E-state index is 12.6. The molecule has 3 aromatic carbocycles. The number of anilines is 2. The Kier molecular flexibility index (Phi) is 7.19. The number of carbonyl (C=O) groups excluding carboxylic acids is 2. The maximum Gasteiger partial charge on any atom is 0.255 e. The molecule has 2 N–H and O–H groups in total. The van der Waals surface area contributed by atoms with Crippen molar-refractivity contribution in [2.24, 2.45) is 0 Å². The van der Waals surface area contributed by atoms with Crippen molar-refractivity contribution in [1.29, 1.82) is 0 Å². The SMILES string of the molecule is O=C(Nc1ccc(NC(=O)c2ccc(OCC3CCCO3)c(Br)c2)cc1)c1ccccc1. The second-order valence-electron chi connectivity index (χ2n) is 7.44. The van der Waals surface area contributed by atoms with Gasteiger partial charge in [0.15, 0.2) is 0 Å². The normalized spacial score (nSPS) is 15.2. The first-order chi connectivity index (χ1) is 15.6. The third-order valence-electron chi connectivity index (χ3n) is 5.08. The Morgan fingerprint density at radius 1 is 0.906 bits per heavy atom. The van der Waals surface area contributed by atoms with Gasteiger partial charge in [0.1, 0.15) is 12.4 Å². The molecule has 1 saturated heterocycles. The molecule has 0 bridgehead atoms. The van der Waals surface area contributed by atoms with Crippen molar-refractivity contribution in [1.82, 2.24) is 0 Å². The van der Waals surface area contributed by atoms with Crippen LogP contribution in [0.2, 0.25) is 0 Å². The molecule has 1 fully saturated rings. The number of ether oxygens (including phenoxy) is 2. The molecule has 1 unspecified atom stereocenters. The number of rotatable bonds is 7. The first-order valence-electron chi connectivity index (χ1n) is 10.4. The molecule has 1 aliphatic heterocycles. The smallest absolute Gasteiger partial charge is 0.255 e. The number of nitrogens with one attached hydrogen (secondary N) is 2. The maximum atomic E-state index is 12.6. The summed E-state index contributed by atoms with van der Waals surface area (Å²) in [6, 6.07) is 21.2. The lowest BCUT2D eigenvalue weighted by molar-refractivity contribution is 0.0677. The van der Waals surface area contributed by atoms with E-state index in [4.69, 9.17) is 9.47 Å². The number of hydrogen-bond donors (Lipinski definition) is 2. The lowest BCUT2D eigenvalue weighted by atomic mass is 10.2. The highest BCUT2D eigenvalue weighted by atomic mass is 79.9. The minimum atomic E-state index is -0.238. The Morgan fingerprint density at radius 3 is 2.16 bits per heavy atom. The first kappa shape index (κ1) is 22.0. The van der Waals surface area contributed by atoms with Crippen LogP contribution in [0.3, 0.4) is 0 Å². The van der Waals surface area contributed by atoms with E-state index in [1.165, 1.54) is 0 Å². The van der Waals surface area contributed by atoms with Gasteiger partial charge in [-0.15, -0.1) is 0 Å². The van der Waals surface area contributed by atoms with Crippen LogP contribution in [0.15, 0.2) is 77.3 Å². The minimum Gasteiger partial charge on any atom is -0.490 e. The molecule has 7 heteroatoms. The molecule has 4 rings (SSSR count). The summed E-state index contributed by atoms with van der Waals surface area (Å²) < 4.78 is 12.1. The van der Waals surface area contributed by atoms with Crippen LogP contribution in [-0.4, -0.2) is 31.1 Å². The van der Waals surface area contributed by atoms with Gasteiger partial charge in [0.05, 0.1) is 10.6 Å². The van der Waals surface area contributed by atoms with Crippen molar-refractivity contribution < 1.29 is 19.1 Å². The van der Waals surface area contributed by atoms with E-state index in [1.807, 2.05) is 18.2 Å². The molecule has 2 amide bonds. The molecule has 0 aliphatic carbocycles. The number of halogens is 1. The Labute approximate surface area is 195 Å². The summed E-state index contributed by atoms with van der Waals surface area (Å²) in [5.41, 5.74) is 2.36. The number of benzene rings is 3. The Hall–Kier alpha value is -3.16. The van der Waals surface area contributed by atoms with Crippen LogP contribution in [-0.2, 0) is 4.74 Å². The van der Waals surface area contributed by atoms with Crippen LogP contribution in [0.25, 0.3) is 0 Å². The van der Waals surface area contributed by atoms with E-state index >= 15 is 0 Å². The fraction of sp³-hybridized carbons (Fsp3) is 0.200. The van der Waals surface area contributed by atoms with Crippen molar-refractivity contribution in [2.45, 2.75) is 18.9 Å². The molecule has 1 atom stereocenters. The van der Waals surface area contributed by atoms with Crippen molar-refractivity contribution in [3.8, 4) is 5.75 Å². The fourth-order valence-electron chi connectivity index (χ4n) is 3.35. The van der Waals surface area contributed by atoms with Gasteiger partial charge in [-0.25, -0.2) is 0 Å². The van der Waals surface area contributed by atoms with E-state index in [-0.39, 0.29) is 17.9 Å². The lowest BCUT2D eigenvalue weighted by Crippen LogP contribution is -2.16. The van der Waals surface area contributed by atoms with Crippen LogP contribution >= 0.6 is 15.9 Å². The van der Waals surface area contributed by atoms with Crippen LogP contribution in [0.1, 0.15) is 33.6 Å². The van der Waals surface area contributed by atoms with Crippen LogP contribution < -0.4 is 15.4 Å². The van der Waals surface area contributed by atoms with E-state index in [0.29, 0.717) is 39.3 Å². The average molecular weight is 495 g/mol. The Morgan fingerprint density at radius 2 is 1.56 bits per heavy atom. The molecule has 3 aromatic rings. The summed E-state index contributed by atoms with van der Waals surface area (Å²) in [6.45, 7) is 1.28. The van der Waals surface area contributed by atoms with Crippen LogP contribution in [0.5, 0.6) is 5.75 Å². The van der Waals surface area contributed by atoms with Crippen molar-refractivity contribution in [3.05, 3.63) is 88.4 Å². The van der Waals surface area contributed by atoms with Gasteiger partial charge < -0.3 is 20.1 Å². The minimum absolute atomic E-state index is 0.130. The van der Waals surface area contributed by atoms with Gasteiger partial charge in [-0.05, 0) is 83.4 Å². The van der Waals surface area contributed by atoms with Gasteiger partial charge in [-0.3, -0.25) is 9.59 Å². The fourth-order valence-corrected chi connectivity index (χ4v) is 3.84. The Bertz CT molecular complexity index is 1080. The van der Waals surface area contributed by atoms with Crippen molar-refractivity contribution in [2.75, 3.05) is 23.8 Å². The van der Waals surface area contributed by atoms with Crippen molar-refractivity contribution >= 4 is 39.1 Å². The Balaban J connectivity index is 1.33. The summed E-state index contributed by atoms with van der Waals surface area (Å²) in [7, 11) is 0. The standard InChI is InChI=1S/C25H23BrN2O4/c26-22-15-18(8-13-23(22)32-16-21-7-4-14-31-21)25(30)28-20-11-9-19(10-12-20)27-24(29)17-5-2-1-3-6-17/h1-3,5-6,8-13,15,21H,4,7,14,16H2,(H,27,29)(H,28,30). The van der Waals surface area contributed by atoms with Crippen LogP contribution in [0.4, 0.5) is 11.4 Å². The number of hydrogen-bond acceptors (Lipinski definition) is 4. The topological polar surface area (TPSA) is 76.7 Å². The molecule has 164 valence electrons. The van der Waals surface area contributed by atoms with Gasteiger partial charge in [0.25, 0.3) is 11.8 Å². The van der Waals surface area contributed by atoms with Gasteiger partial charge in [-0.1, -0.05) is 18.2 Å².